The summed E-state index contributed by atoms with van der Waals surface area (Å²) < 4.78 is 0. The SMILES string of the molecule is Cc1cncc(N2CCN(C)CC2)c1C. The molecule has 0 bridgehead atoms. The number of anilines is 1. The first-order chi connectivity index (χ1) is 7.18. The average molecular weight is 205 g/mol. The van der Waals surface area contributed by atoms with Crippen molar-refractivity contribution in [2.24, 2.45) is 0 Å². The maximum Gasteiger partial charge on any atom is 0.0585 e. The molecule has 1 fully saturated rings. The molecule has 1 aromatic heterocycles. The highest BCUT2D eigenvalue weighted by Gasteiger charge is 2.16. The average Bonchev–Trinajstić information content (AvgIpc) is 2.24. The summed E-state index contributed by atoms with van der Waals surface area (Å²) in [6.07, 6.45) is 3.93. The van der Waals surface area contributed by atoms with Gasteiger partial charge in [0.05, 0.1) is 11.9 Å². The van der Waals surface area contributed by atoms with E-state index in [-0.39, 0.29) is 0 Å². The van der Waals surface area contributed by atoms with Gasteiger partial charge in [-0.15, -0.1) is 0 Å². The van der Waals surface area contributed by atoms with E-state index in [1.807, 2.05) is 12.4 Å². The molecule has 0 N–H and O–H groups in total. The molecule has 2 rings (SSSR count). The molecule has 0 spiro atoms. The predicted octanol–water partition coefficient (Wildman–Crippen LogP) is 1.45. The highest BCUT2D eigenvalue weighted by Crippen LogP contribution is 2.22. The molecule has 15 heavy (non-hydrogen) atoms. The van der Waals surface area contributed by atoms with E-state index in [4.69, 9.17) is 0 Å². The number of aromatic nitrogens is 1. The Kier molecular flexibility index (Phi) is 2.91. The minimum atomic E-state index is 1.11. The molecule has 1 saturated heterocycles. The van der Waals surface area contributed by atoms with Gasteiger partial charge in [0.2, 0.25) is 0 Å². The van der Waals surface area contributed by atoms with Gasteiger partial charge in [-0.25, -0.2) is 0 Å². The Balaban J connectivity index is 2.19. The maximum absolute atomic E-state index is 4.28. The van der Waals surface area contributed by atoms with Crippen molar-refractivity contribution in [2.45, 2.75) is 13.8 Å². The van der Waals surface area contributed by atoms with E-state index in [1.54, 1.807) is 0 Å². The van der Waals surface area contributed by atoms with E-state index in [0.717, 1.165) is 26.2 Å². The minimum Gasteiger partial charge on any atom is -0.368 e. The number of piperazine rings is 1. The topological polar surface area (TPSA) is 19.4 Å². The van der Waals surface area contributed by atoms with Gasteiger partial charge in [0.1, 0.15) is 0 Å². The highest BCUT2D eigenvalue weighted by molar-refractivity contribution is 5.54. The van der Waals surface area contributed by atoms with Crippen LogP contribution < -0.4 is 4.90 Å². The van der Waals surface area contributed by atoms with Crippen LogP contribution in [-0.2, 0) is 0 Å². The second-order valence-electron chi connectivity index (χ2n) is 4.39. The maximum atomic E-state index is 4.28. The summed E-state index contributed by atoms with van der Waals surface area (Å²) in [4.78, 5) is 9.09. The second kappa shape index (κ2) is 4.19. The summed E-state index contributed by atoms with van der Waals surface area (Å²) in [6.45, 7) is 8.83. The summed E-state index contributed by atoms with van der Waals surface area (Å²) in [7, 11) is 2.18. The number of likely N-dealkylation sites (N-methyl/N-ethyl adjacent to an activating group) is 1. The Bertz CT molecular complexity index is 341. The molecule has 1 aromatic rings. The largest absolute Gasteiger partial charge is 0.368 e. The molecule has 0 amide bonds. The zero-order chi connectivity index (χ0) is 10.8. The molecule has 1 aliphatic rings. The molecule has 0 atom stereocenters. The fourth-order valence-corrected chi connectivity index (χ4v) is 1.98. The molecule has 0 aliphatic carbocycles. The smallest absolute Gasteiger partial charge is 0.0585 e. The lowest BCUT2D eigenvalue weighted by Gasteiger charge is -2.34. The van der Waals surface area contributed by atoms with Crippen molar-refractivity contribution in [2.75, 3.05) is 38.1 Å². The van der Waals surface area contributed by atoms with Crippen LogP contribution in [0.3, 0.4) is 0 Å². The van der Waals surface area contributed by atoms with Gasteiger partial charge in [-0.3, -0.25) is 4.98 Å². The number of hydrogen-bond acceptors (Lipinski definition) is 3. The van der Waals surface area contributed by atoms with E-state index in [0.29, 0.717) is 0 Å². The van der Waals surface area contributed by atoms with Crippen molar-refractivity contribution in [3.63, 3.8) is 0 Å². The molecule has 3 nitrogen and oxygen atoms in total. The van der Waals surface area contributed by atoms with Crippen LogP contribution >= 0.6 is 0 Å². The Hall–Kier alpha value is -1.09. The van der Waals surface area contributed by atoms with Gasteiger partial charge in [0.15, 0.2) is 0 Å². The fourth-order valence-electron chi connectivity index (χ4n) is 1.98. The third-order valence-electron chi connectivity index (χ3n) is 3.28. The molecule has 0 radical (unpaired) electrons. The minimum absolute atomic E-state index is 1.11. The van der Waals surface area contributed by atoms with Crippen molar-refractivity contribution < 1.29 is 0 Å². The van der Waals surface area contributed by atoms with Gasteiger partial charge in [-0.1, -0.05) is 0 Å². The summed E-state index contributed by atoms with van der Waals surface area (Å²) in [5.74, 6) is 0. The summed E-state index contributed by atoms with van der Waals surface area (Å²) in [6, 6.07) is 0. The number of nitrogens with zero attached hydrogens (tertiary/aromatic N) is 3. The van der Waals surface area contributed by atoms with Gasteiger partial charge in [0.25, 0.3) is 0 Å². The Morgan fingerprint density at radius 2 is 1.73 bits per heavy atom. The van der Waals surface area contributed by atoms with E-state index >= 15 is 0 Å². The van der Waals surface area contributed by atoms with Gasteiger partial charge < -0.3 is 9.80 Å². The monoisotopic (exact) mass is 205 g/mol. The third kappa shape index (κ3) is 2.12. The van der Waals surface area contributed by atoms with E-state index in [1.165, 1.54) is 16.8 Å². The lowest BCUT2D eigenvalue weighted by molar-refractivity contribution is 0.312. The van der Waals surface area contributed by atoms with Crippen molar-refractivity contribution in [3.05, 3.63) is 23.5 Å². The second-order valence-corrected chi connectivity index (χ2v) is 4.39. The molecule has 3 heteroatoms. The van der Waals surface area contributed by atoms with Crippen LogP contribution in [0.25, 0.3) is 0 Å². The zero-order valence-electron chi connectivity index (χ0n) is 9.82. The molecule has 0 aromatic carbocycles. The Morgan fingerprint density at radius 3 is 2.40 bits per heavy atom. The van der Waals surface area contributed by atoms with Crippen molar-refractivity contribution in [1.82, 2.24) is 9.88 Å². The molecule has 2 heterocycles. The summed E-state index contributed by atoms with van der Waals surface area (Å²) in [5, 5.41) is 0. The molecule has 0 unspecified atom stereocenters. The van der Waals surface area contributed by atoms with E-state index in [2.05, 4.69) is 35.7 Å². The quantitative estimate of drug-likeness (QED) is 0.692. The van der Waals surface area contributed by atoms with Crippen LogP contribution in [-0.4, -0.2) is 43.1 Å². The van der Waals surface area contributed by atoms with Crippen LogP contribution in [0.1, 0.15) is 11.1 Å². The first kappa shape index (κ1) is 10.4. The zero-order valence-corrected chi connectivity index (χ0v) is 9.82. The number of rotatable bonds is 1. The van der Waals surface area contributed by atoms with Crippen LogP contribution in [0.5, 0.6) is 0 Å². The van der Waals surface area contributed by atoms with Gasteiger partial charge in [-0.05, 0) is 32.0 Å². The lowest BCUT2D eigenvalue weighted by atomic mass is 10.1. The molecule has 0 saturated carbocycles. The van der Waals surface area contributed by atoms with Gasteiger partial charge in [0, 0.05) is 32.4 Å². The number of hydrogen-bond donors (Lipinski definition) is 0. The first-order valence-electron chi connectivity index (χ1n) is 5.53. The third-order valence-corrected chi connectivity index (χ3v) is 3.28. The van der Waals surface area contributed by atoms with Gasteiger partial charge in [-0.2, -0.15) is 0 Å². The lowest BCUT2D eigenvalue weighted by Crippen LogP contribution is -2.44. The van der Waals surface area contributed by atoms with Gasteiger partial charge >= 0.3 is 0 Å². The van der Waals surface area contributed by atoms with Crippen molar-refractivity contribution in [3.8, 4) is 0 Å². The summed E-state index contributed by atoms with van der Waals surface area (Å²) in [5.41, 5.74) is 3.96. The predicted molar refractivity (Wildman–Crippen MR) is 63.4 cm³/mol. The van der Waals surface area contributed by atoms with Crippen LogP contribution in [0, 0.1) is 13.8 Å². The standard InChI is InChI=1S/C12H19N3/c1-10-8-13-9-12(11(10)2)15-6-4-14(3)5-7-15/h8-9H,4-7H2,1-3H3. The highest BCUT2D eigenvalue weighted by atomic mass is 15.2. The van der Waals surface area contributed by atoms with Crippen LogP contribution in [0.15, 0.2) is 12.4 Å². The molecule has 82 valence electrons. The van der Waals surface area contributed by atoms with E-state index < -0.39 is 0 Å². The number of pyridine rings is 1. The van der Waals surface area contributed by atoms with Crippen LogP contribution in [0.4, 0.5) is 5.69 Å². The van der Waals surface area contributed by atoms with Crippen LogP contribution in [0.2, 0.25) is 0 Å². The Labute approximate surface area is 91.7 Å². The first-order valence-corrected chi connectivity index (χ1v) is 5.53. The Morgan fingerprint density at radius 1 is 1.07 bits per heavy atom. The molecule has 1 aliphatic heterocycles. The normalized spacial score (nSPS) is 18.2. The van der Waals surface area contributed by atoms with E-state index in [9.17, 15) is 0 Å². The molecular formula is C12H19N3. The number of aryl methyl sites for hydroxylation is 1. The van der Waals surface area contributed by atoms with Crippen molar-refractivity contribution >= 4 is 5.69 Å². The molecular weight excluding hydrogens is 186 g/mol. The fraction of sp³-hybridized carbons (Fsp3) is 0.583. The summed E-state index contributed by atoms with van der Waals surface area (Å²) >= 11 is 0. The van der Waals surface area contributed by atoms with Crippen molar-refractivity contribution in [1.29, 1.82) is 0 Å².